The predicted octanol–water partition coefficient (Wildman–Crippen LogP) is 2.98. The first-order chi connectivity index (χ1) is 14.2. The molecule has 1 aromatic carbocycles. The van der Waals surface area contributed by atoms with Crippen LogP contribution in [0.25, 0.3) is 11.0 Å². The van der Waals surface area contributed by atoms with Gasteiger partial charge < -0.3 is 24.6 Å². The van der Waals surface area contributed by atoms with E-state index in [9.17, 15) is 4.79 Å². The van der Waals surface area contributed by atoms with E-state index < -0.39 is 0 Å². The van der Waals surface area contributed by atoms with Gasteiger partial charge in [-0.3, -0.25) is 0 Å². The lowest BCUT2D eigenvalue weighted by Gasteiger charge is -2.33. The number of aliphatic hydroxyl groups excluding tert-OH is 1. The van der Waals surface area contributed by atoms with Gasteiger partial charge in [0.25, 0.3) is 0 Å². The van der Waals surface area contributed by atoms with Crippen molar-refractivity contribution in [3.8, 4) is 5.88 Å². The number of anilines is 1. The molecule has 0 spiro atoms. The van der Waals surface area contributed by atoms with E-state index in [0.29, 0.717) is 30.7 Å². The van der Waals surface area contributed by atoms with Crippen LogP contribution in [0.15, 0.2) is 42.6 Å². The van der Waals surface area contributed by atoms with E-state index in [1.165, 1.54) is 0 Å². The predicted molar refractivity (Wildman–Crippen MR) is 110 cm³/mol. The number of rotatable bonds is 5. The number of piperidine rings is 1. The number of aromatic nitrogens is 3. The number of carbonyl (C=O) groups is 1. The molecule has 8 nitrogen and oxygen atoms in total. The van der Waals surface area contributed by atoms with Crippen molar-refractivity contribution < 1.29 is 14.6 Å². The maximum Gasteiger partial charge on any atom is 0.321 e. The van der Waals surface area contributed by atoms with E-state index in [0.717, 1.165) is 29.7 Å². The molecule has 1 fully saturated rings. The Labute approximate surface area is 169 Å². The fraction of sp³-hybridized carbons (Fsp3) is 0.381. The number of amides is 2. The Kier molecular flexibility index (Phi) is 5.62. The van der Waals surface area contributed by atoms with Crippen molar-refractivity contribution in [3.63, 3.8) is 0 Å². The van der Waals surface area contributed by atoms with E-state index >= 15 is 0 Å². The van der Waals surface area contributed by atoms with Crippen LogP contribution in [-0.4, -0.2) is 56.9 Å². The molecular weight excluding hydrogens is 370 g/mol. The first-order valence-corrected chi connectivity index (χ1v) is 9.85. The number of fused-ring (bicyclic) bond motifs is 1. The Hall–Kier alpha value is -3.13. The van der Waals surface area contributed by atoms with Gasteiger partial charge in [-0.05, 0) is 38.0 Å². The summed E-state index contributed by atoms with van der Waals surface area (Å²) in [6, 6.07) is 11.8. The summed E-state index contributed by atoms with van der Waals surface area (Å²) in [4.78, 5) is 23.2. The average Bonchev–Trinajstić information content (AvgIpc) is 3.08. The average molecular weight is 395 g/mol. The van der Waals surface area contributed by atoms with Crippen LogP contribution in [0.3, 0.4) is 0 Å². The van der Waals surface area contributed by atoms with Gasteiger partial charge in [0.05, 0.1) is 17.6 Å². The lowest BCUT2D eigenvalue weighted by Crippen LogP contribution is -2.41. The van der Waals surface area contributed by atoms with E-state index in [4.69, 9.17) is 9.84 Å². The summed E-state index contributed by atoms with van der Waals surface area (Å²) in [7, 11) is 0. The van der Waals surface area contributed by atoms with Gasteiger partial charge in [0, 0.05) is 37.1 Å². The van der Waals surface area contributed by atoms with E-state index in [2.05, 4.69) is 25.9 Å². The Morgan fingerprint density at radius 1 is 1.28 bits per heavy atom. The largest absolute Gasteiger partial charge is 0.475 e. The molecular formula is C21H25N5O3. The number of nitrogens with zero attached hydrogens (tertiary/aromatic N) is 4. The molecule has 0 atom stereocenters. The number of hydrogen-bond donors (Lipinski definition) is 2. The minimum absolute atomic E-state index is 0.0844. The number of pyridine rings is 1. The molecule has 1 aliphatic rings. The lowest BCUT2D eigenvalue weighted by molar-refractivity contribution is 0.184. The zero-order valence-corrected chi connectivity index (χ0v) is 16.4. The maximum absolute atomic E-state index is 12.7. The Morgan fingerprint density at radius 3 is 2.86 bits per heavy atom. The summed E-state index contributed by atoms with van der Waals surface area (Å²) in [6.45, 7) is 3.49. The van der Waals surface area contributed by atoms with E-state index in [1.54, 1.807) is 18.3 Å². The van der Waals surface area contributed by atoms with Crippen LogP contribution in [0.5, 0.6) is 5.88 Å². The molecule has 0 aliphatic carbocycles. The third-order valence-corrected chi connectivity index (χ3v) is 5.22. The molecule has 4 rings (SSSR count). The van der Waals surface area contributed by atoms with E-state index in [1.807, 2.05) is 30.0 Å². The summed E-state index contributed by atoms with van der Waals surface area (Å²) in [6.07, 6.45) is 3.34. The highest BCUT2D eigenvalue weighted by atomic mass is 16.5. The van der Waals surface area contributed by atoms with Gasteiger partial charge in [0.1, 0.15) is 12.4 Å². The molecule has 0 unspecified atom stereocenters. The molecule has 152 valence electrons. The molecule has 0 bridgehead atoms. The summed E-state index contributed by atoms with van der Waals surface area (Å²) in [5.41, 5.74) is 2.79. The number of hydrogen-bond acceptors (Lipinski definition) is 5. The van der Waals surface area contributed by atoms with Crippen LogP contribution in [0.4, 0.5) is 10.5 Å². The number of aliphatic hydroxyl groups is 1. The normalized spacial score (nSPS) is 14.9. The lowest BCUT2D eigenvalue weighted by atomic mass is 10.0. The van der Waals surface area contributed by atoms with Crippen LogP contribution in [0.1, 0.15) is 24.7 Å². The second-order valence-corrected chi connectivity index (χ2v) is 7.12. The standard InChI is InChI=1S/C21H25N5O3/c1-15-23-18-4-2-3-5-19(18)26(15)17-7-10-25(11-8-17)21(28)24-16-6-9-22-20(14-16)29-13-12-27/h2-6,9,14,17,27H,7-8,10-13H2,1H3,(H,22,24,28). The first-order valence-electron chi connectivity index (χ1n) is 9.85. The third kappa shape index (κ3) is 4.17. The van der Waals surface area contributed by atoms with Gasteiger partial charge >= 0.3 is 6.03 Å². The highest BCUT2D eigenvalue weighted by molar-refractivity contribution is 5.89. The molecule has 1 aliphatic heterocycles. The smallest absolute Gasteiger partial charge is 0.321 e. The number of carbonyl (C=O) groups excluding carboxylic acids is 1. The van der Waals surface area contributed by atoms with Crippen molar-refractivity contribution in [2.75, 3.05) is 31.6 Å². The Balaban J connectivity index is 1.38. The summed E-state index contributed by atoms with van der Waals surface area (Å²) in [5.74, 6) is 1.39. The van der Waals surface area contributed by atoms with Crippen LogP contribution in [-0.2, 0) is 0 Å². The van der Waals surface area contributed by atoms with Crippen LogP contribution < -0.4 is 10.1 Å². The molecule has 2 aromatic heterocycles. The maximum atomic E-state index is 12.7. The number of likely N-dealkylation sites (tertiary alicyclic amines) is 1. The molecule has 2 N–H and O–H groups in total. The summed E-state index contributed by atoms with van der Waals surface area (Å²) >= 11 is 0. The SMILES string of the molecule is Cc1nc2ccccc2n1C1CCN(C(=O)Nc2ccnc(OCCO)c2)CC1. The molecule has 29 heavy (non-hydrogen) atoms. The van der Waals surface area contributed by atoms with Crippen LogP contribution in [0, 0.1) is 6.92 Å². The highest BCUT2D eigenvalue weighted by Gasteiger charge is 2.26. The Morgan fingerprint density at radius 2 is 2.07 bits per heavy atom. The molecule has 2 amide bonds. The highest BCUT2D eigenvalue weighted by Crippen LogP contribution is 2.29. The number of ether oxygens (including phenoxy) is 1. The fourth-order valence-electron chi connectivity index (χ4n) is 3.87. The van der Waals surface area contributed by atoms with Gasteiger partial charge in [0.2, 0.25) is 5.88 Å². The summed E-state index contributed by atoms with van der Waals surface area (Å²) < 4.78 is 7.59. The molecule has 0 saturated carbocycles. The van der Waals surface area contributed by atoms with Crippen molar-refractivity contribution in [2.45, 2.75) is 25.8 Å². The third-order valence-electron chi connectivity index (χ3n) is 5.22. The molecule has 0 radical (unpaired) electrons. The second kappa shape index (κ2) is 8.48. The number of imidazole rings is 1. The second-order valence-electron chi connectivity index (χ2n) is 7.12. The van der Waals surface area contributed by atoms with Crippen molar-refractivity contribution in [2.24, 2.45) is 0 Å². The van der Waals surface area contributed by atoms with Crippen molar-refractivity contribution >= 4 is 22.8 Å². The number of para-hydroxylation sites is 2. The van der Waals surface area contributed by atoms with E-state index in [-0.39, 0.29) is 19.2 Å². The number of urea groups is 1. The summed E-state index contributed by atoms with van der Waals surface area (Å²) in [5, 5.41) is 11.7. The topological polar surface area (TPSA) is 92.5 Å². The van der Waals surface area contributed by atoms with Crippen molar-refractivity contribution in [3.05, 3.63) is 48.4 Å². The zero-order chi connectivity index (χ0) is 20.2. The monoisotopic (exact) mass is 395 g/mol. The van der Waals surface area contributed by atoms with Crippen LogP contribution in [0.2, 0.25) is 0 Å². The fourth-order valence-corrected chi connectivity index (χ4v) is 3.87. The van der Waals surface area contributed by atoms with Gasteiger partial charge in [-0.15, -0.1) is 0 Å². The zero-order valence-electron chi connectivity index (χ0n) is 16.4. The minimum atomic E-state index is -0.130. The van der Waals surface area contributed by atoms with Crippen molar-refractivity contribution in [1.82, 2.24) is 19.4 Å². The number of nitrogens with one attached hydrogen (secondary N) is 1. The van der Waals surface area contributed by atoms with Crippen molar-refractivity contribution in [1.29, 1.82) is 0 Å². The first kappa shape index (κ1) is 19.2. The number of aryl methyl sites for hydroxylation is 1. The quantitative estimate of drug-likeness (QED) is 0.693. The molecule has 8 heteroatoms. The minimum Gasteiger partial charge on any atom is -0.475 e. The van der Waals surface area contributed by atoms with Crippen LogP contribution >= 0.6 is 0 Å². The molecule has 3 aromatic rings. The molecule has 1 saturated heterocycles. The van der Waals surface area contributed by atoms with Gasteiger partial charge in [-0.1, -0.05) is 12.1 Å². The Bertz CT molecular complexity index is 995. The molecule has 3 heterocycles. The van der Waals surface area contributed by atoms with Gasteiger partial charge in [0.15, 0.2) is 0 Å². The number of benzene rings is 1. The van der Waals surface area contributed by atoms with Gasteiger partial charge in [-0.2, -0.15) is 0 Å². The van der Waals surface area contributed by atoms with Gasteiger partial charge in [-0.25, -0.2) is 14.8 Å².